The fraction of sp³-hybridized carbons (Fsp3) is 0.579. The predicted molar refractivity (Wildman–Crippen MR) is 105 cm³/mol. The fourth-order valence-electron chi connectivity index (χ4n) is 3.74. The zero-order chi connectivity index (χ0) is 17.6. The van der Waals surface area contributed by atoms with Gasteiger partial charge in [0, 0.05) is 64.3 Å². The molecule has 2 fully saturated rings. The third kappa shape index (κ3) is 5.19. The van der Waals surface area contributed by atoms with Crippen LogP contribution >= 0.6 is 12.4 Å². The molecule has 6 nitrogen and oxygen atoms in total. The van der Waals surface area contributed by atoms with Gasteiger partial charge in [-0.25, -0.2) is 0 Å². The van der Waals surface area contributed by atoms with Crippen molar-refractivity contribution in [2.24, 2.45) is 0 Å². The highest BCUT2D eigenvalue weighted by molar-refractivity contribution is 5.94. The minimum absolute atomic E-state index is 0. The Morgan fingerprint density at radius 3 is 2.73 bits per heavy atom. The van der Waals surface area contributed by atoms with Crippen molar-refractivity contribution in [1.82, 2.24) is 20.4 Å². The molecule has 1 unspecified atom stereocenters. The number of carbonyl (C=O) groups is 2. The Hall–Kier alpha value is -1.63. The Morgan fingerprint density at radius 1 is 1.23 bits per heavy atom. The SMILES string of the molecule is CNC(=O)c1cccc(CCC(=O)N2CCC(N3CCNCC3)C2)c1.Cl. The number of rotatable bonds is 5. The van der Waals surface area contributed by atoms with E-state index in [2.05, 4.69) is 15.5 Å². The summed E-state index contributed by atoms with van der Waals surface area (Å²) >= 11 is 0. The number of halogens is 1. The molecule has 1 aromatic carbocycles. The normalized spacial score (nSPS) is 20.5. The van der Waals surface area contributed by atoms with E-state index in [4.69, 9.17) is 0 Å². The first-order valence-electron chi connectivity index (χ1n) is 9.21. The van der Waals surface area contributed by atoms with Crippen LogP contribution in [0.1, 0.15) is 28.8 Å². The summed E-state index contributed by atoms with van der Waals surface area (Å²) in [7, 11) is 1.63. The number of benzene rings is 1. The number of hydrogen-bond donors (Lipinski definition) is 2. The largest absolute Gasteiger partial charge is 0.355 e. The van der Waals surface area contributed by atoms with Crippen LogP contribution < -0.4 is 10.6 Å². The summed E-state index contributed by atoms with van der Waals surface area (Å²) in [5.74, 6) is 0.134. The van der Waals surface area contributed by atoms with Crippen LogP contribution in [0.15, 0.2) is 24.3 Å². The monoisotopic (exact) mass is 380 g/mol. The second-order valence-electron chi connectivity index (χ2n) is 6.85. The van der Waals surface area contributed by atoms with E-state index in [1.165, 1.54) is 0 Å². The van der Waals surface area contributed by atoms with Crippen molar-refractivity contribution in [3.63, 3.8) is 0 Å². The summed E-state index contributed by atoms with van der Waals surface area (Å²) in [5, 5.41) is 6.01. The van der Waals surface area contributed by atoms with Crippen LogP contribution in [0.4, 0.5) is 0 Å². The Labute approximate surface area is 161 Å². The zero-order valence-corrected chi connectivity index (χ0v) is 16.2. The van der Waals surface area contributed by atoms with Gasteiger partial charge in [-0.05, 0) is 30.5 Å². The predicted octanol–water partition coefficient (Wildman–Crippen LogP) is 0.907. The highest BCUT2D eigenvalue weighted by atomic mass is 35.5. The van der Waals surface area contributed by atoms with Crippen molar-refractivity contribution in [1.29, 1.82) is 0 Å². The maximum atomic E-state index is 12.5. The van der Waals surface area contributed by atoms with Gasteiger partial charge in [-0.2, -0.15) is 0 Å². The Kier molecular flexibility index (Phi) is 7.87. The number of piperazine rings is 1. The number of carbonyl (C=O) groups excluding carboxylic acids is 2. The molecule has 1 atom stereocenters. The number of likely N-dealkylation sites (tertiary alicyclic amines) is 1. The molecule has 0 aromatic heterocycles. The number of hydrogen-bond acceptors (Lipinski definition) is 4. The second kappa shape index (κ2) is 9.90. The molecule has 2 aliphatic heterocycles. The maximum absolute atomic E-state index is 12.5. The van der Waals surface area contributed by atoms with Gasteiger partial charge < -0.3 is 15.5 Å². The molecule has 0 spiro atoms. The smallest absolute Gasteiger partial charge is 0.251 e. The molecule has 2 amide bonds. The fourth-order valence-corrected chi connectivity index (χ4v) is 3.74. The minimum Gasteiger partial charge on any atom is -0.355 e. The molecular formula is C19H29ClN4O2. The summed E-state index contributed by atoms with van der Waals surface area (Å²) in [6.07, 6.45) is 2.27. The number of amides is 2. The average molecular weight is 381 g/mol. The topological polar surface area (TPSA) is 64.7 Å². The van der Waals surface area contributed by atoms with Crippen molar-refractivity contribution in [3.05, 3.63) is 35.4 Å². The van der Waals surface area contributed by atoms with E-state index in [0.717, 1.165) is 51.3 Å². The molecule has 7 heteroatoms. The molecule has 0 radical (unpaired) electrons. The molecule has 1 aromatic rings. The van der Waals surface area contributed by atoms with Crippen LogP contribution in [-0.4, -0.2) is 74.0 Å². The van der Waals surface area contributed by atoms with Crippen LogP contribution in [0.2, 0.25) is 0 Å². The summed E-state index contributed by atoms with van der Waals surface area (Å²) < 4.78 is 0. The standard InChI is InChI=1S/C19H28N4O2.ClH/c1-20-19(25)16-4-2-3-15(13-16)5-6-18(24)23-10-7-17(14-23)22-11-8-21-9-12-22;/h2-4,13,17,21H,5-12,14H2,1H3,(H,20,25);1H. The molecule has 0 aliphatic carbocycles. The van der Waals surface area contributed by atoms with E-state index in [1.54, 1.807) is 13.1 Å². The number of aryl methyl sites for hydroxylation is 1. The molecular weight excluding hydrogens is 352 g/mol. The number of nitrogens with zero attached hydrogens (tertiary/aromatic N) is 2. The molecule has 144 valence electrons. The molecule has 2 aliphatic rings. The van der Waals surface area contributed by atoms with Crippen molar-refractivity contribution in [2.45, 2.75) is 25.3 Å². The third-order valence-corrected chi connectivity index (χ3v) is 5.23. The third-order valence-electron chi connectivity index (χ3n) is 5.23. The molecule has 2 heterocycles. The zero-order valence-electron chi connectivity index (χ0n) is 15.4. The van der Waals surface area contributed by atoms with E-state index in [9.17, 15) is 9.59 Å². The van der Waals surface area contributed by atoms with Gasteiger partial charge in [0.05, 0.1) is 0 Å². The molecule has 3 rings (SSSR count). The van der Waals surface area contributed by atoms with Crippen molar-refractivity contribution >= 4 is 24.2 Å². The highest BCUT2D eigenvalue weighted by Crippen LogP contribution is 2.18. The van der Waals surface area contributed by atoms with Gasteiger partial charge in [-0.3, -0.25) is 14.5 Å². The lowest BCUT2D eigenvalue weighted by molar-refractivity contribution is -0.130. The maximum Gasteiger partial charge on any atom is 0.251 e. The van der Waals surface area contributed by atoms with Crippen LogP contribution in [0.5, 0.6) is 0 Å². The highest BCUT2D eigenvalue weighted by Gasteiger charge is 2.30. The van der Waals surface area contributed by atoms with Crippen molar-refractivity contribution in [2.75, 3.05) is 46.3 Å². The van der Waals surface area contributed by atoms with Crippen LogP contribution in [0.25, 0.3) is 0 Å². The first kappa shape index (κ1) is 20.7. The van der Waals surface area contributed by atoms with Gasteiger partial charge in [0.25, 0.3) is 5.91 Å². The average Bonchev–Trinajstić information content (AvgIpc) is 3.17. The van der Waals surface area contributed by atoms with Crippen molar-refractivity contribution < 1.29 is 9.59 Å². The van der Waals surface area contributed by atoms with Gasteiger partial charge in [0.1, 0.15) is 0 Å². The molecule has 0 saturated carbocycles. The Bertz CT molecular complexity index is 619. The van der Waals surface area contributed by atoms with E-state index in [-0.39, 0.29) is 24.2 Å². The lowest BCUT2D eigenvalue weighted by Crippen LogP contribution is -2.49. The van der Waals surface area contributed by atoms with Gasteiger partial charge in [0.2, 0.25) is 5.91 Å². The van der Waals surface area contributed by atoms with E-state index in [0.29, 0.717) is 24.4 Å². The van der Waals surface area contributed by atoms with Gasteiger partial charge in [-0.15, -0.1) is 12.4 Å². The molecule has 2 N–H and O–H groups in total. The Morgan fingerprint density at radius 2 is 2.00 bits per heavy atom. The molecule has 0 bridgehead atoms. The second-order valence-corrected chi connectivity index (χ2v) is 6.85. The van der Waals surface area contributed by atoms with Gasteiger partial charge >= 0.3 is 0 Å². The molecule has 26 heavy (non-hydrogen) atoms. The Balaban J connectivity index is 0.00000243. The first-order chi connectivity index (χ1) is 12.2. The summed E-state index contributed by atoms with van der Waals surface area (Å²) in [6, 6.07) is 8.04. The van der Waals surface area contributed by atoms with E-state index < -0.39 is 0 Å². The van der Waals surface area contributed by atoms with Crippen LogP contribution in [-0.2, 0) is 11.2 Å². The lowest BCUT2D eigenvalue weighted by atomic mass is 10.1. The minimum atomic E-state index is -0.0911. The van der Waals surface area contributed by atoms with Gasteiger partial charge in [0.15, 0.2) is 0 Å². The van der Waals surface area contributed by atoms with E-state index in [1.807, 2.05) is 23.1 Å². The van der Waals surface area contributed by atoms with Gasteiger partial charge in [-0.1, -0.05) is 12.1 Å². The summed E-state index contributed by atoms with van der Waals surface area (Å²) in [6.45, 7) is 5.99. The summed E-state index contributed by atoms with van der Waals surface area (Å²) in [4.78, 5) is 28.8. The summed E-state index contributed by atoms with van der Waals surface area (Å²) in [5.41, 5.74) is 1.68. The number of nitrogens with one attached hydrogen (secondary N) is 2. The van der Waals surface area contributed by atoms with Crippen LogP contribution in [0, 0.1) is 0 Å². The lowest BCUT2D eigenvalue weighted by Gasteiger charge is -2.32. The first-order valence-corrected chi connectivity index (χ1v) is 9.21. The molecule has 2 saturated heterocycles. The van der Waals surface area contributed by atoms with E-state index >= 15 is 0 Å². The van der Waals surface area contributed by atoms with Crippen molar-refractivity contribution in [3.8, 4) is 0 Å². The van der Waals surface area contributed by atoms with Crippen LogP contribution in [0.3, 0.4) is 0 Å². The quantitative estimate of drug-likeness (QED) is 0.796.